The molecule has 0 aromatic heterocycles. The largest absolute Gasteiger partial charge is 0.480 e. The molecule has 30 heavy (non-hydrogen) atoms. The highest BCUT2D eigenvalue weighted by Crippen LogP contribution is 2.49. The Hall–Kier alpha value is -2.49. The first-order chi connectivity index (χ1) is 14.2. The Labute approximate surface area is 180 Å². The minimum absolute atomic E-state index is 0.0165. The molecule has 1 unspecified atom stereocenters. The molecule has 0 bridgehead atoms. The molecule has 0 spiro atoms. The van der Waals surface area contributed by atoms with Gasteiger partial charge in [0.15, 0.2) is 0 Å². The van der Waals surface area contributed by atoms with Crippen molar-refractivity contribution in [3.8, 4) is 22.6 Å². The van der Waals surface area contributed by atoms with E-state index in [2.05, 4.69) is 15.9 Å². The van der Waals surface area contributed by atoms with Crippen molar-refractivity contribution >= 4 is 26.0 Å². The Morgan fingerprint density at radius 1 is 1.10 bits per heavy atom. The summed E-state index contributed by atoms with van der Waals surface area (Å²) in [7, 11) is -3.75. The van der Waals surface area contributed by atoms with E-state index in [0.29, 0.717) is 28.0 Å². The Morgan fingerprint density at radius 3 is 2.50 bits per heavy atom. The highest BCUT2D eigenvalue weighted by atomic mass is 79.9. The number of rotatable bonds is 5. The van der Waals surface area contributed by atoms with E-state index in [4.69, 9.17) is 14.6 Å². The van der Waals surface area contributed by atoms with E-state index in [9.17, 15) is 17.2 Å². The summed E-state index contributed by atoms with van der Waals surface area (Å²) in [6, 6.07) is 17.1. The minimum Gasteiger partial charge on any atom is -0.480 e. The number of nitrogens with two attached hydrogens (primary N) is 1. The maximum Gasteiger partial charge on any atom is 0.387 e. The SMILES string of the molecule is NS(=O)(=O)Cc1ccc2c(c1)C(c1ccc(Br)cc1)Oc1cccc(OC(F)F)c1-2. The van der Waals surface area contributed by atoms with E-state index in [1.807, 2.05) is 24.3 Å². The summed E-state index contributed by atoms with van der Waals surface area (Å²) in [5.41, 5.74) is 2.94. The summed E-state index contributed by atoms with van der Waals surface area (Å²) >= 11 is 3.40. The molecular weight excluding hydrogens is 480 g/mol. The quantitative estimate of drug-likeness (QED) is 0.540. The molecule has 0 saturated carbocycles. The van der Waals surface area contributed by atoms with Crippen LogP contribution in [-0.2, 0) is 15.8 Å². The van der Waals surface area contributed by atoms with Crippen LogP contribution in [0.25, 0.3) is 11.1 Å². The van der Waals surface area contributed by atoms with Gasteiger partial charge in [0.1, 0.15) is 17.6 Å². The van der Waals surface area contributed by atoms with Gasteiger partial charge in [-0.05, 0) is 41.0 Å². The second-order valence-corrected chi connectivity index (χ2v) is 9.32. The zero-order valence-electron chi connectivity index (χ0n) is 15.4. The Kier molecular flexibility index (Phi) is 5.52. The van der Waals surface area contributed by atoms with Gasteiger partial charge >= 0.3 is 6.61 Å². The lowest BCUT2D eigenvalue weighted by molar-refractivity contribution is -0.0496. The van der Waals surface area contributed by atoms with Gasteiger partial charge in [-0.3, -0.25) is 0 Å². The fraction of sp³-hybridized carbons (Fsp3) is 0.143. The number of benzene rings is 3. The topological polar surface area (TPSA) is 78.6 Å². The average molecular weight is 496 g/mol. The summed E-state index contributed by atoms with van der Waals surface area (Å²) in [6.07, 6.45) is -0.567. The van der Waals surface area contributed by atoms with Gasteiger partial charge in [-0.2, -0.15) is 8.78 Å². The van der Waals surface area contributed by atoms with Crippen molar-refractivity contribution in [1.82, 2.24) is 0 Å². The molecular formula is C21H16BrF2NO4S. The Balaban J connectivity index is 1.90. The number of primary sulfonamides is 1. The third kappa shape index (κ3) is 4.33. The summed E-state index contributed by atoms with van der Waals surface area (Å²) in [5.74, 6) is 0.0278. The maximum absolute atomic E-state index is 12.9. The lowest BCUT2D eigenvalue weighted by atomic mass is 9.88. The summed E-state index contributed by atoms with van der Waals surface area (Å²) in [4.78, 5) is 0. The highest BCUT2D eigenvalue weighted by Gasteiger charge is 2.31. The number of fused-ring (bicyclic) bond motifs is 3. The van der Waals surface area contributed by atoms with Crippen LogP contribution in [0.4, 0.5) is 8.78 Å². The Bertz CT molecular complexity index is 1200. The second-order valence-electron chi connectivity index (χ2n) is 6.79. The van der Waals surface area contributed by atoms with Gasteiger partial charge in [-0.15, -0.1) is 0 Å². The second kappa shape index (κ2) is 7.98. The molecule has 0 amide bonds. The fourth-order valence-electron chi connectivity index (χ4n) is 3.52. The molecule has 156 valence electrons. The summed E-state index contributed by atoms with van der Waals surface area (Å²) in [5, 5.41) is 5.19. The molecule has 0 fully saturated rings. The molecule has 2 N–H and O–H groups in total. The standard InChI is InChI=1S/C21H16BrF2NO4S/c22-14-7-5-13(6-8-14)20-16-10-12(11-30(25,26)27)4-9-15(16)19-17(28-20)2-1-3-18(19)29-21(23)24/h1-10,20-21H,11H2,(H2,25,26,27). The molecule has 0 radical (unpaired) electrons. The highest BCUT2D eigenvalue weighted by molar-refractivity contribution is 9.10. The van der Waals surface area contributed by atoms with Crippen molar-refractivity contribution in [3.63, 3.8) is 0 Å². The molecule has 3 aromatic carbocycles. The third-order valence-corrected chi connectivity index (χ3v) is 5.92. The van der Waals surface area contributed by atoms with Gasteiger partial charge in [-0.1, -0.05) is 52.3 Å². The minimum atomic E-state index is -3.75. The zero-order valence-corrected chi connectivity index (χ0v) is 17.8. The third-order valence-electron chi connectivity index (χ3n) is 4.66. The molecule has 1 aliphatic rings. The number of halogens is 3. The monoisotopic (exact) mass is 495 g/mol. The lowest BCUT2D eigenvalue weighted by Gasteiger charge is -2.30. The predicted molar refractivity (Wildman–Crippen MR) is 112 cm³/mol. The number of ether oxygens (including phenoxy) is 2. The Morgan fingerprint density at radius 2 is 1.83 bits per heavy atom. The van der Waals surface area contributed by atoms with E-state index >= 15 is 0 Å². The van der Waals surface area contributed by atoms with Gasteiger partial charge in [-0.25, -0.2) is 13.6 Å². The molecule has 0 aliphatic carbocycles. The van der Waals surface area contributed by atoms with Gasteiger partial charge < -0.3 is 9.47 Å². The molecule has 1 atom stereocenters. The first-order valence-corrected chi connectivity index (χ1v) is 11.4. The van der Waals surface area contributed by atoms with E-state index in [-0.39, 0.29) is 11.5 Å². The van der Waals surface area contributed by atoms with Gasteiger partial charge in [0.05, 0.1) is 11.3 Å². The number of alkyl halides is 2. The van der Waals surface area contributed by atoms with Gasteiger partial charge in [0, 0.05) is 10.0 Å². The smallest absolute Gasteiger partial charge is 0.387 e. The van der Waals surface area contributed by atoms with E-state index < -0.39 is 22.7 Å². The van der Waals surface area contributed by atoms with Crippen molar-refractivity contribution in [2.75, 3.05) is 0 Å². The molecule has 3 aromatic rings. The van der Waals surface area contributed by atoms with Crippen LogP contribution in [0.2, 0.25) is 0 Å². The van der Waals surface area contributed by atoms with E-state index in [1.165, 1.54) is 6.07 Å². The predicted octanol–water partition coefficient (Wildman–Crippen LogP) is 4.99. The van der Waals surface area contributed by atoms with Crippen LogP contribution in [0.5, 0.6) is 11.5 Å². The zero-order chi connectivity index (χ0) is 21.5. The van der Waals surface area contributed by atoms with E-state index in [0.717, 1.165) is 10.0 Å². The van der Waals surface area contributed by atoms with Crippen molar-refractivity contribution in [2.45, 2.75) is 18.5 Å². The van der Waals surface area contributed by atoms with Crippen LogP contribution in [-0.4, -0.2) is 15.0 Å². The molecule has 1 aliphatic heterocycles. The van der Waals surface area contributed by atoms with E-state index in [1.54, 1.807) is 30.3 Å². The van der Waals surface area contributed by atoms with Gasteiger partial charge in [0.2, 0.25) is 10.0 Å². The molecule has 1 heterocycles. The number of hydrogen-bond donors (Lipinski definition) is 1. The van der Waals surface area contributed by atoms with Crippen molar-refractivity contribution in [1.29, 1.82) is 0 Å². The van der Waals surface area contributed by atoms with Crippen LogP contribution in [0.15, 0.2) is 65.1 Å². The maximum atomic E-state index is 12.9. The summed E-state index contributed by atoms with van der Waals surface area (Å²) in [6.45, 7) is -2.99. The van der Waals surface area contributed by atoms with Crippen molar-refractivity contribution < 1.29 is 26.7 Å². The number of hydrogen-bond acceptors (Lipinski definition) is 4. The van der Waals surface area contributed by atoms with Crippen molar-refractivity contribution in [3.05, 3.63) is 81.8 Å². The first kappa shape index (κ1) is 20.8. The van der Waals surface area contributed by atoms with Crippen LogP contribution < -0.4 is 14.6 Å². The van der Waals surface area contributed by atoms with Crippen LogP contribution in [0, 0.1) is 0 Å². The lowest BCUT2D eigenvalue weighted by Crippen LogP contribution is -2.18. The first-order valence-electron chi connectivity index (χ1n) is 8.85. The molecule has 9 heteroatoms. The molecule has 5 nitrogen and oxygen atoms in total. The fourth-order valence-corrected chi connectivity index (χ4v) is 4.43. The van der Waals surface area contributed by atoms with Crippen molar-refractivity contribution in [2.24, 2.45) is 5.14 Å². The van der Waals surface area contributed by atoms with Crippen LogP contribution >= 0.6 is 15.9 Å². The molecule has 4 rings (SSSR count). The summed E-state index contributed by atoms with van der Waals surface area (Å²) < 4.78 is 60.8. The van der Waals surface area contributed by atoms with Crippen LogP contribution in [0.1, 0.15) is 22.8 Å². The normalized spacial score (nSPS) is 15.3. The average Bonchev–Trinajstić information content (AvgIpc) is 2.66. The van der Waals surface area contributed by atoms with Gasteiger partial charge in [0.25, 0.3) is 0 Å². The molecule has 0 saturated heterocycles. The number of sulfonamides is 1. The van der Waals surface area contributed by atoms with Crippen LogP contribution in [0.3, 0.4) is 0 Å².